The molecule has 21 nitrogen and oxygen atoms in total. The standard InChI is InChI=1S/C53H81ClF2N10O11S/c1-50(2,3)75-47(70)58-22-11-29-66(35-43(57)67,30-12-23-59-48(71)76-51(4,5)6)28-10-13-45(68)60-38-16-14-36(15-17-38)53(55,56)37-31-42(54)62-44(32-37)63-24-26-64(27-25-63)78(73,74)41-20-18-40(19-21-41)65-34-39(33-46(65)69)61-49(72)77-52(7,8)9/h18-21,31-32,36,38-39H,10-17,22-30,33-35H2,1-9H3,(H5-,57,58,59,60,61,67,68,70,71,72)/p+1/t36?,38?,39-/m1/s1. The summed E-state index contributed by atoms with van der Waals surface area (Å²) in [4.78, 5) is 83.1. The molecule has 25 heteroatoms. The molecule has 1 aliphatic carbocycles. The number of carbonyl (C=O) groups excluding carboxylic acids is 6. The number of nitrogens with one attached hydrogen (secondary N) is 4. The quantitative estimate of drug-likeness (QED) is 0.0363. The predicted octanol–water partition coefficient (Wildman–Crippen LogP) is 6.55. The topological polar surface area (TPSA) is 261 Å². The van der Waals surface area contributed by atoms with E-state index in [4.69, 9.17) is 31.5 Å². The highest BCUT2D eigenvalue weighted by Gasteiger charge is 2.44. The molecule has 0 radical (unpaired) electrons. The Morgan fingerprint density at radius 3 is 1.79 bits per heavy atom. The van der Waals surface area contributed by atoms with Gasteiger partial charge >= 0.3 is 18.3 Å². The van der Waals surface area contributed by atoms with Gasteiger partial charge < -0.3 is 55.5 Å². The fraction of sp³-hybridized carbons (Fsp3) is 0.679. The van der Waals surface area contributed by atoms with Crippen molar-refractivity contribution in [2.75, 3.05) is 81.8 Å². The van der Waals surface area contributed by atoms with Crippen LogP contribution in [-0.4, -0.2) is 159 Å². The third-order valence-corrected chi connectivity index (χ3v) is 15.6. The third-order valence-electron chi connectivity index (χ3n) is 13.4. The lowest BCUT2D eigenvalue weighted by Gasteiger charge is -2.38. The van der Waals surface area contributed by atoms with Crippen molar-refractivity contribution >= 4 is 69.1 Å². The number of primary amides is 1. The number of hydrogen-bond donors (Lipinski definition) is 5. The van der Waals surface area contributed by atoms with Gasteiger partial charge in [-0.25, -0.2) is 36.6 Å². The summed E-state index contributed by atoms with van der Waals surface area (Å²) >= 11 is 6.38. The van der Waals surface area contributed by atoms with Gasteiger partial charge in [-0.3, -0.25) is 14.4 Å². The van der Waals surface area contributed by atoms with Crippen molar-refractivity contribution in [3.05, 3.63) is 47.1 Å². The Morgan fingerprint density at radius 2 is 1.27 bits per heavy atom. The molecule has 2 aliphatic heterocycles. The minimum atomic E-state index is -3.97. The van der Waals surface area contributed by atoms with Crippen LogP contribution < -0.4 is 36.8 Å². The maximum atomic E-state index is 16.4. The molecule has 1 saturated carbocycles. The number of aromatic nitrogens is 1. The zero-order valence-corrected chi connectivity index (χ0v) is 48.3. The first kappa shape index (κ1) is 63.2. The van der Waals surface area contributed by atoms with E-state index >= 15 is 8.78 Å². The molecule has 6 amide bonds. The second-order valence-electron chi connectivity index (χ2n) is 23.5. The number of alkyl carbamates (subject to hydrolysis) is 3. The van der Waals surface area contributed by atoms with Gasteiger partial charge in [-0.15, -0.1) is 0 Å². The van der Waals surface area contributed by atoms with Crippen molar-refractivity contribution < 1.29 is 64.7 Å². The summed E-state index contributed by atoms with van der Waals surface area (Å²) < 4.78 is 77.9. The summed E-state index contributed by atoms with van der Waals surface area (Å²) in [5.74, 6) is -5.18. The second kappa shape index (κ2) is 26.6. The Kier molecular flexibility index (Phi) is 21.6. The van der Waals surface area contributed by atoms with Gasteiger partial charge in [0.05, 0.1) is 30.6 Å². The molecular formula is C53H82ClF2N10O11S+. The van der Waals surface area contributed by atoms with Gasteiger partial charge in [0.25, 0.3) is 11.8 Å². The highest BCUT2D eigenvalue weighted by molar-refractivity contribution is 7.89. The number of sulfonamides is 1. The Bertz CT molecular complexity index is 2490. The Labute approximate surface area is 463 Å². The van der Waals surface area contributed by atoms with Crippen LogP contribution in [0, 0.1) is 5.92 Å². The molecule has 0 bridgehead atoms. The molecule has 78 heavy (non-hydrogen) atoms. The maximum absolute atomic E-state index is 16.4. The fourth-order valence-corrected chi connectivity index (χ4v) is 11.5. The highest BCUT2D eigenvalue weighted by Crippen LogP contribution is 2.45. The lowest BCUT2D eigenvalue weighted by atomic mass is 9.80. The first-order valence-electron chi connectivity index (χ1n) is 26.8. The highest BCUT2D eigenvalue weighted by atomic mass is 35.5. The van der Waals surface area contributed by atoms with Gasteiger partial charge in [0.2, 0.25) is 21.8 Å². The first-order chi connectivity index (χ1) is 36.2. The molecule has 0 unspecified atom stereocenters. The normalized spacial score (nSPS) is 19.0. The van der Waals surface area contributed by atoms with Crippen LogP contribution in [0.4, 0.5) is 34.7 Å². The van der Waals surface area contributed by atoms with Crippen LogP contribution in [0.3, 0.4) is 0 Å². The summed E-state index contributed by atoms with van der Waals surface area (Å²) in [5.41, 5.74) is 3.87. The molecule has 3 aliphatic rings. The van der Waals surface area contributed by atoms with Crippen LogP contribution in [0.25, 0.3) is 0 Å². The first-order valence-corrected chi connectivity index (χ1v) is 28.6. The maximum Gasteiger partial charge on any atom is 0.407 e. The van der Waals surface area contributed by atoms with Gasteiger partial charge in [-0.05, 0) is 124 Å². The Morgan fingerprint density at radius 1 is 0.744 bits per heavy atom. The molecule has 3 fully saturated rings. The zero-order chi connectivity index (χ0) is 57.9. The average molecular weight is 1140 g/mol. The molecule has 3 heterocycles. The number of carbonyl (C=O) groups is 6. The van der Waals surface area contributed by atoms with Crippen molar-refractivity contribution in [2.24, 2.45) is 11.7 Å². The van der Waals surface area contributed by atoms with E-state index in [1.54, 1.807) is 79.3 Å². The largest absolute Gasteiger partial charge is 0.444 e. The van der Waals surface area contributed by atoms with E-state index in [0.717, 1.165) is 6.07 Å². The van der Waals surface area contributed by atoms with Crippen molar-refractivity contribution in [2.45, 2.75) is 160 Å². The number of hydrogen-bond acceptors (Lipinski definition) is 13. The molecular weight excluding hydrogens is 1060 g/mol. The van der Waals surface area contributed by atoms with E-state index in [1.165, 1.54) is 27.4 Å². The van der Waals surface area contributed by atoms with E-state index in [0.29, 0.717) is 57.4 Å². The Balaban J connectivity index is 1.11. The molecule has 1 aromatic carbocycles. The molecule has 5 rings (SSSR count). The number of amides is 6. The zero-order valence-electron chi connectivity index (χ0n) is 46.7. The van der Waals surface area contributed by atoms with Crippen molar-refractivity contribution in [3.8, 4) is 0 Å². The number of halogens is 3. The van der Waals surface area contributed by atoms with Crippen LogP contribution in [0.5, 0.6) is 0 Å². The van der Waals surface area contributed by atoms with Gasteiger partial charge in [-0.1, -0.05) is 11.6 Å². The van der Waals surface area contributed by atoms with Crippen LogP contribution in [0.15, 0.2) is 41.3 Å². The lowest BCUT2D eigenvalue weighted by Crippen LogP contribution is -2.55. The van der Waals surface area contributed by atoms with Crippen LogP contribution in [0.2, 0.25) is 5.15 Å². The number of alkyl halides is 2. The number of nitrogens with zero attached hydrogens (tertiary/aromatic N) is 5. The molecule has 1 aromatic heterocycles. The Hall–Kier alpha value is -5.59. The minimum absolute atomic E-state index is 0.0173. The SMILES string of the molecule is CC(C)(C)OC(=O)NCCC[N+](CCCNC(=O)OC(C)(C)C)(CCCC(=O)NC1CCC(C(F)(F)c2cc(Cl)nc(N3CCN(S(=O)(=O)c4ccc(N5C[C@H](NC(=O)OC(C)(C)C)CC5=O)cc4)CC3)c2)CC1)CC(N)=O. The fourth-order valence-electron chi connectivity index (χ4n) is 9.92. The van der Waals surface area contributed by atoms with Gasteiger partial charge in [0, 0.05) is 101 Å². The van der Waals surface area contributed by atoms with E-state index in [9.17, 15) is 37.2 Å². The number of nitrogens with two attached hydrogens (primary N) is 1. The van der Waals surface area contributed by atoms with Crippen LogP contribution >= 0.6 is 11.6 Å². The number of anilines is 2. The van der Waals surface area contributed by atoms with E-state index in [1.807, 2.05) is 0 Å². The number of ether oxygens (including phenoxy) is 3. The van der Waals surface area contributed by atoms with Gasteiger partial charge in [0.1, 0.15) is 27.8 Å². The average Bonchev–Trinajstić information content (AvgIpc) is 3.70. The molecule has 2 saturated heterocycles. The van der Waals surface area contributed by atoms with E-state index in [2.05, 4.69) is 26.3 Å². The lowest BCUT2D eigenvalue weighted by molar-refractivity contribution is -0.921. The summed E-state index contributed by atoms with van der Waals surface area (Å²) in [6, 6.07) is 7.58. The monoisotopic (exact) mass is 1140 g/mol. The van der Waals surface area contributed by atoms with Crippen LogP contribution in [0.1, 0.15) is 126 Å². The van der Waals surface area contributed by atoms with Crippen molar-refractivity contribution in [1.82, 2.24) is 30.6 Å². The van der Waals surface area contributed by atoms with Gasteiger partial charge in [-0.2, -0.15) is 4.31 Å². The molecule has 0 spiro atoms. The molecule has 6 N–H and O–H groups in total. The smallest absolute Gasteiger partial charge is 0.407 e. The number of rotatable bonds is 22. The van der Waals surface area contributed by atoms with Crippen molar-refractivity contribution in [3.63, 3.8) is 0 Å². The third kappa shape index (κ3) is 19.6. The molecule has 1 atom stereocenters. The molecule has 2 aromatic rings. The molecule has 436 valence electrons. The number of benzene rings is 1. The summed E-state index contributed by atoms with van der Waals surface area (Å²) in [6.07, 6.45) is 0.574. The summed E-state index contributed by atoms with van der Waals surface area (Å²) in [5, 5.41) is 11.1. The van der Waals surface area contributed by atoms with Crippen molar-refractivity contribution in [1.29, 1.82) is 0 Å². The van der Waals surface area contributed by atoms with Gasteiger partial charge in [0.15, 0.2) is 6.54 Å². The van der Waals surface area contributed by atoms with E-state index < -0.39 is 68.9 Å². The summed E-state index contributed by atoms with van der Waals surface area (Å²) in [7, 11) is -3.97. The number of quaternary nitrogens is 1. The van der Waals surface area contributed by atoms with E-state index in [-0.39, 0.29) is 122 Å². The second-order valence-corrected chi connectivity index (χ2v) is 25.8. The van der Waals surface area contributed by atoms with Crippen LogP contribution in [-0.2, 0) is 44.5 Å². The number of piperazine rings is 1. The minimum Gasteiger partial charge on any atom is -0.444 e. The summed E-state index contributed by atoms with van der Waals surface area (Å²) in [6.45, 7) is 18.1. The number of pyridine rings is 1. The predicted molar refractivity (Wildman–Crippen MR) is 290 cm³/mol.